The summed E-state index contributed by atoms with van der Waals surface area (Å²) in [6.07, 6.45) is 9.98. The van der Waals surface area contributed by atoms with E-state index in [1.54, 1.807) is 23.4 Å². The molecule has 2 aromatic rings. The van der Waals surface area contributed by atoms with Crippen LogP contribution in [0.1, 0.15) is 44.6 Å². The molecule has 1 aromatic heterocycles. The predicted molar refractivity (Wildman–Crippen MR) is 121 cm³/mol. The van der Waals surface area contributed by atoms with Crippen LogP contribution in [0.3, 0.4) is 0 Å². The summed E-state index contributed by atoms with van der Waals surface area (Å²) in [4.78, 5) is 18.2. The Labute approximate surface area is 180 Å². The zero-order chi connectivity index (χ0) is 21.0. The zero-order valence-electron chi connectivity index (χ0n) is 18.0. The van der Waals surface area contributed by atoms with Crippen LogP contribution in [0.2, 0.25) is 0 Å². The van der Waals surface area contributed by atoms with Gasteiger partial charge in [0.15, 0.2) is 0 Å². The number of urea groups is 1. The predicted octanol–water partition coefficient (Wildman–Crippen LogP) is 4.68. The van der Waals surface area contributed by atoms with Crippen LogP contribution >= 0.6 is 0 Å². The van der Waals surface area contributed by atoms with Gasteiger partial charge in [-0.3, -0.25) is 4.98 Å². The van der Waals surface area contributed by atoms with Crippen molar-refractivity contribution in [3.05, 3.63) is 54.4 Å². The van der Waals surface area contributed by atoms with E-state index in [4.69, 9.17) is 4.74 Å². The normalized spacial score (nSPS) is 14.3. The Bertz CT molecular complexity index is 763. The number of anilines is 1. The Hall–Kier alpha value is -2.60. The van der Waals surface area contributed by atoms with Gasteiger partial charge in [-0.2, -0.15) is 0 Å². The lowest BCUT2D eigenvalue weighted by molar-refractivity contribution is 0.208. The van der Waals surface area contributed by atoms with E-state index in [9.17, 15) is 4.79 Å². The van der Waals surface area contributed by atoms with Gasteiger partial charge >= 0.3 is 6.03 Å². The highest BCUT2D eigenvalue weighted by Gasteiger charge is 2.14. The van der Waals surface area contributed by atoms with Crippen molar-refractivity contribution in [2.24, 2.45) is 5.92 Å². The number of rotatable bonds is 10. The van der Waals surface area contributed by atoms with E-state index in [-0.39, 0.29) is 6.03 Å². The van der Waals surface area contributed by atoms with Crippen molar-refractivity contribution in [3.8, 4) is 5.75 Å². The fourth-order valence-corrected chi connectivity index (χ4v) is 3.80. The maximum atomic E-state index is 12.4. The number of pyridine rings is 1. The second-order valence-electron chi connectivity index (χ2n) is 7.89. The molecule has 1 aliphatic rings. The molecular formula is C24H34N4O2. The molecule has 2 N–H and O–H groups in total. The lowest BCUT2D eigenvalue weighted by atomic mass is 9.90. The SMILES string of the molecule is CCN(CCNCc1cccc(OCC2CCCCC2)c1)C(=O)Nc1cccnc1. The highest BCUT2D eigenvalue weighted by Crippen LogP contribution is 2.24. The van der Waals surface area contributed by atoms with Gasteiger partial charge in [-0.25, -0.2) is 4.79 Å². The van der Waals surface area contributed by atoms with Crippen LogP contribution in [0.25, 0.3) is 0 Å². The van der Waals surface area contributed by atoms with Gasteiger partial charge in [-0.05, 0) is 55.5 Å². The Morgan fingerprint density at radius 2 is 2.07 bits per heavy atom. The first-order valence-corrected chi connectivity index (χ1v) is 11.1. The minimum absolute atomic E-state index is 0.106. The minimum atomic E-state index is -0.106. The van der Waals surface area contributed by atoms with Crippen molar-refractivity contribution >= 4 is 11.7 Å². The lowest BCUT2D eigenvalue weighted by Crippen LogP contribution is -2.39. The van der Waals surface area contributed by atoms with Crippen LogP contribution in [0.15, 0.2) is 48.8 Å². The maximum absolute atomic E-state index is 12.4. The van der Waals surface area contributed by atoms with Gasteiger partial charge in [0, 0.05) is 32.4 Å². The molecule has 0 spiro atoms. The molecular weight excluding hydrogens is 376 g/mol. The van der Waals surface area contributed by atoms with Crippen LogP contribution in [0.4, 0.5) is 10.5 Å². The lowest BCUT2D eigenvalue weighted by Gasteiger charge is -2.22. The third-order valence-corrected chi connectivity index (χ3v) is 5.58. The Kier molecular flexibility index (Phi) is 8.97. The molecule has 6 heteroatoms. The van der Waals surface area contributed by atoms with Crippen LogP contribution in [-0.2, 0) is 6.54 Å². The first kappa shape index (κ1) is 22.1. The highest BCUT2D eigenvalue weighted by molar-refractivity contribution is 5.89. The van der Waals surface area contributed by atoms with Crippen molar-refractivity contribution in [3.63, 3.8) is 0 Å². The Balaban J connectivity index is 1.38. The molecule has 0 unspecified atom stereocenters. The molecule has 1 aliphatic carbocycles. The van der Waals surface area contributed by atoms with Crippen molar-refractivity contribution in [2.75, 3.05) is 31.6 Å². The number of likely N-dealkylation sites (N-methyl/N-ethyl adjacent to an activating group) is 1. The minimum Gasteiger partial charge on any atom is -0.493 e. The molecule has 0 aliphatic heterocycles. The average Bonchev–Trinajstić information content (AvgIpc) is 2.79. The molecule has 0 atom stereocenters. The second kappa shape index (κ2) is 12.2. The van der Waals surface area contributed by atoms with E-state index in [0.29, 0.717) is 24.7 Å². The van der Waals surface area contributed by atoms with Crippen molar-refractivity contribution in [1.82, 2.24) is 15.2 Å². The molecule has 1 heterocycles. The van der Waals surface area contributed by atoms with E-state index in [1.807, 2.05) is 25.1 Å². The number of nitrogens with zero attached hydrogens (tertiary/aromatic N) is 2. The maximum Gasteiger partial charge on any atom is 0.321 e. The molecule has 6 nitrogen and oxygen atoms in total. The number of benzene rings is 1. The quantitative estimate of drug-likeness (QED) is 0.558. The van der Waals surface area contributed by atoms with Crippen LogP contribution in [0.5, 0.6) is 5.75 Å². The van der Waals surface area contributed by atoms with Crippen LogP contribution in [-0.4, -0.2) is 42.2 Å². The number of aromatic nitrogens is 1. The number of hydrogen-bond donors (Lipinski definition) is 2. The Morgan fingerprint density at radius 3 is 2.83 bits per heavy atom. The second-order valence-corrected chi connectivity index (χ2v) is 7.89. The molecule has 1 fully saturated rings. The van der Waals surface area contributed by atoms with Crippen molar-refractivity contribution in [1.29, 1.82) is 0 Å². The monoisotopic (exact) mass is 410 g/mol. The summed E-state index contributed by atoms with van der Waals surface area (Å²) >= 11 is 0. The topological polar surface area (TPSA) is 66.5 Å². The fraction of sp³-hybridized carbons (Fsp3) is 0.500. The van der Waals surface area contributed by atoms with Crippen molar-refractivity contribution < 1.29 is 9.53 Å². The largest absolute Gasteiger partial charge is 0.493 e. The molecule has 1 aromatic carbocycles. The van der Waals surface area contributed by atoms with E-state index >= 15 is 0 Å². The van der Waals surface area contributed by atoms with E-state index in [0.717, 1.165) is 25.4 Å². The van der Waals surface area contributed by atoms with Gasteiger partial charge in [0.2, 0.25) is 0 Å². The molecule has 3 rings (SSSR count). The summed E-state index contributed by atoms with van der Waals surface area (Å²) in [6.45, 7) is 5.58. The number of carbonyl (C=O) groups excluding carboxylic acids is 1. The molecule has 0 radical (unpaired) electrons. The summed E-state index contributed by atoms with van der Waals surface area (Å²) in [5.74, 6) is 1.66. The first-order valence-electron chi connectivity index (χ1n) is 11.1. The fourth-order valence-electron chi connectivity index (χ4n) is 3.80. The number of ether oxygens (including phenoxy) is 1. The van der Waals surface area contributed by atoms with Gasteiger partial charge < -0.3 is 20.3 Å². The number of hydrogen-bond acceptors (Lipinski definition) is 4. The van der Waals surface area contributed by atoms with E-state index in [1.165, 1.54) is 37.7 Å². The average molecular weight is 411 g/mol. The van der Waals surface area contributed by atoms with Gasteiger partial charge in [-0.1, -0.05) is 31.4 Å². The summed E-state index contributed by atoms with van der Waals surface area (Å²) in [5, 5.41) is 6.31. The van der Waals surface area contributed by atoms with Crippen LogP contribution in [0, 0.1) is 5.92 Å². The third kappa shape index (κ3) is 7.34. The molecule has 162 valence electrons. The molecule has 30 heavy (non-hydrogen) atoms. The van der Waals surface area contributed by atoms with Crippen LogP contribution < -0.4 is 15.4 Å². The van der Waals surface area contributed by atoms with E-state index < -0.39 is 0 Å². The highest BCUT2D eigenvalue weighted by atomic mass is 16.5. The number of nitrogens with one attached hydrogen (secondary N) is 2. The smallest absolute Gasteiger partial charge is 0.321 e. The molecule has 0 bridgehead atoms. The van der Waals surface area contributed by atoms with Gasteiger partial charge in [0.25, 0.3) is 0 Å². The zero-order valence-corrected chi connectivity index (χ0v) is 18.0. The van der Waals surface area contributed by atoms with Crippen molar-refractivity contribution in [2.45, 2.75) is 45.6 Å². The standard InChI is InChI=1S/C24H34N4O2/c1-2-28(24(29)27-22-11-7-13-25-18-22)15-14-26-17-21-10-6-12-23(16-21)30-19-20-8-4-3-5-9-20/h6-7,10-13,16,18,20,26H,2-5,8-9,14-15,17,19H2,1H3,(H,27,29). The van der Waals surface area contributed by atoms with E-state index in [2.05, 4.69) is 27.8 Å². The molecule has 2 amide bonds. The van der Waals surface area contributed by atoms with Gasteiger partial charge in [0.05, 0.1) is 18.5 Å². The molecule has 1 saturated carbocycles. The Morgan fingerprint density at radius 1 is 1.20 bits per heavy atom. The summed E-state index contributed by atoms with van der Waals surface area (Å²) in [5.41, 5.74) is 1.90. The molecule has 0 saturated heterocycles. The summed E-state index contributed by atoms with van der Waals surface area (Å²) in [7, 11) is 0. The van der Waals surface area contributed by atoms with Gasteiger partial charge in [-0.15, -0.1) is 0 Å². The number of carbonyl (C=O) groups is 1. The van der Waals surface area contributed by atoms with Gasteiger partial charge in [0.1, 0.15) is 5.75 Å². The summed E-state index contributed by atoms with van der Waals surface area (Å²) < 4.78 is 6.04. The first-order chi connectivity index (χ1) is 14.7. The summed E-state index contributed by atoms with van der Waals surface area (Å²) in [6, 6.07) is 11.8. The third-order valence-electron chi connectivity index (χ3n) is 5.58. The number of amides is 2.